The SMILES string of the molecule is CC(C)CNc1ccc(OCc2cccnc2)cc1. The van der Waals surface area contributed by atoms with Gasteiger partial charge in [0.05, 0.1) is 0 Å². The van der Waals surface area contributed by atoms with Crippen molar-refractivity contribution in [2.45, 2.75) is 20.5 Å². The van der Waals surface area contributed by atoms with Gasteiger partial charge in [0.15, 0.2) is 0 Å². The predicted molar refractivity (Wildman–Crippen MR) is 78.3 cm³/mol. The molecule has 0 bridgehead atoms. The summed E-state index contributed by atoms with van der Waals surface area (Å²) in [4.78, 5) is 4.06. The molecular formula is C16H20N2O. The topological polar surface area (TPSA) is 34.1 Å². The quantitative estimate of drug-likeness (QED) is 0.855. The largest absolute Gasteiger partial charge is 0.489 e. The number of nitrogens with zero attached hydrogens (tertiary/aromatic N) is 1. The van der Waals surface area contributed by atoms with Crippen molar-refractivity contribution in [3.63, 3.8) is 0 Å². The van der Waals surface area contributed by atoms with E-state index in [0.717, 1.165) is 23.5 Å². The van der Waals surface area contributed by atoms with Crippen molar-refractivity contribution in [1.82, 2.24) is 4.98 Å². The summed E-state index contributed by atoms with van der Waals surface area (Å²) in [5.74, 6) is 1.51. The van der Waals surface area contributed by atoms with E-state index in [1.165, 1.54) is 0 Å². The van der Waals surface area contributed by atoms with Gasteiger partial charge >= 0.3 is 0 Å². The van der Waals surface area contributed by atoms with Crippen LogP contribution in [0.1, 0.15) is 19.4 Å². The molecule has 1 aromatic carbocycles. The van der Waals surface area contributed by atoms with Crippen molar-refractivity contribution in [1.29, 1.82) is 0 Å². The fourth-order valence-electron chi connectivity index (χ4n) is 1.64. The minimum atomic E-state index is 0.548. The lowest BCUT2D eigenvalue weighted by Crippen LogP contribution is -2.07. The van der Waals surface area contributed by atoms with E-state index in [1.54, 1.807) is 6.20 Å². The minimum absolute atomic E-state index is 0.548. The van der Waals surface area contributed by atoms with E-state index in [1.807, 2.05) is 42.6 Å². The average molecular weight is 256 g/mol. The van der Waals surface area contributed by atoms with Crippen molar-refractivity contribution in [2.75, 3.05) is 11.9 Å². The third-order valence-electron chi connectivity index (χ3n) is 2.70. The second kappa shape index (κ2) is 6.78. The Labute approximate surface area is 114 Å². The van der Waals surface area contributed by atoms with E-state index in [-0.39, 0.29) is 0 Å². The summed E-state index contributed by atoms with van der Waals surface area (Å²) >= 11 is 0. The Morgan fingerprint density at radius 1 is 1.16 bits per heavy atom. The first-order valence-corrected chi connectivity index (χ1v) is 6.59. The molecule has 0 radical (unpaired) electrons. The van der Waals surface area contributed by atoms with Gasteiger partial charge in [-0.1, -0.05) is 19.9 Å². The number of anilines is 1. The Balaban J connectivity index is 1.85. The smallest absolute Gasteiger partial charge is 0.119 e. The maximum atomic E-state index is 5.70. The maximum Gasteiger partial charge on any atom is 0.119 e. The summed E-state index contributed by atoms with van der Waals surface area (Å²) in [6.45, 7) is 5.92. The molecule has 2 rings (SSSR count). The van der Waals surface area contributed by atoms with E-state index >= 15 is 0 Å². The highest BCUT2D eigenvalue weighted by atomic mass is 16.5. The van der Waals surface area contributed by atoms with E-state index in [9.17, 15) is 0 Å². The third kappa shape index (κ3) is 4.62. The van der Waals surface area contributed by atoms with Crippen molar-refractivity contribution in [3.05, 3.63) is 54.4 Å². The number of rotatable bonds is 6. The van der Waals surface area contributed by atoms with Gasteiger partial charge in [0.25, 0.3) is 0 Å². The van der Waals surface area contributed by atoms with Gasteiger partial charge in [0.1, 0.15) is 12.4 Å². The van der Waals surface area contributed by atoms with E-state index in [4.69, 9.17) is 4.74 Å². The number of hydrogen-bond donors (Lipinski definition) is 1. The number of nitrogens with one attached hydrogen (secondary N) is 1. The third-order valence-corrected chi connectivity index (χ3v) is 2.70. The van der Waals surface area contributed by atoms with E-state index < -0.39 is 0 Å². The Kier molecular flexibility index (Phi) is 4.78. The van der Waals surface area contributed by atoms with E-state index in [2.05, 4.69) is 24.1 Å². The molecule has 1 heterocycles. The Bertz CT molecular complexity index is 480. The molecule has 1 N–H and O–H groups in total. The molecule has 0 atom stereocenters. The van der Waals surface area contributed by atoms with Crippen LogP contribution in [0.15, 0.2) is 48.8 Å². The summed E-state index contributed by atoms with van der Waals surface area (Å²) in [6, 6.07) is 12.0. The zero-order valence-electron chi connectivity index (χ0n) is 11.5. The van der Waals surface area contributed by atoms with Gasteiger partial charge in [0, 0.05) is 30.2 Å². The molecule has 100 valence electrons. The molecule has 0 saturated heterocycles. The van der Waals surface area contributed by atoms with Crippen LogP contribution >= 0.6 is 0 Å². The molecule has 0 fully saturated rings. The lowest BCUT2D eigenvalue weighted by Gasteiger charge is -2.10. The monoisotopic (exact) mass is 256 g/mol. The van der Waals surface area contributed by atoms with Crippen LogP contribution in [0.5, 0.6) is 5.75 Å². The lowest BCUT2D eigenvalue weighted by molar-refractivity contribution is 0.306. The summed E-state index contributed by atoms with van der Waals surface area (Å²) in [5, 5.41) is 3.38. The molecule has 0 amide bonds. The van der Waals surface area contributed by atoms with Crippen LogP contribution in [0.3, 0.4) is 0 Å². The molecule has 0 saturated carbocycles. The fraction of sp³-hybridized carbons (Fsp3) is 0.312. The molecule has 3 nitrogen and oxygen atoms in total. The molecule has 0 aliphatic rings. The second-order valence-corrected chi connectivity index (χ2v) is 4.95. The Morgan fingerprint density at radius 3 is 2.58 bits per heavy atom. The first kappa shape index (κ1) is 13.4. The number of pyridine rings is 1. The number of hydrogen-bond acceptors (Lipinski definition) is 3. The number of ether oxygens (including phenoxy) is 1. The van der Waals surface area contributed by atoms with Crippen LogP contribution in [-0.2, 0) is 6.61 Å². The molecule has 0 aliphatic carbocycles. The predicted octanol–water partition coefficient (Wildman–Crippen LogP) is 3.73. The summed E-state index contributed by atoms with van der Waals surface area (Å²) < 4.78 is 5.70. The van der Waals surface area contributed by atoms with Crippen molar-refractivity contribution in [3.8, 4) is 5.75 Å². The van der Waals surface area contributed by atoms with Gasteiger partial charge in [0.2, 0.25) is 0 Å². The number of benzene rings is 1. The molecule has 0 spiro atoms. The van der Waals surface area contributed by atoms with Crippen LogP contribution in [0.25, 0.3) is 0 Å². The molecule has 3 heteroatoms. The van der Waals surface area contributed by atoms with Crippen LogP contribution in [0.4, 0.5) is 5.69 Å². The summed E-state index contributed by atoms with van der Waals surface area (Å²) in [6.07, 6.45) is 3.58. The second-order valence-electron chi connectivity index (χ2n) is 4.95. The fourth-order valence-corrected chi connectivity index (χ4v) is 1.64. The first-order chi connectivity index (χ1) is 9.24. The van der Waals surface area contributed by atoms with Crippen molar-refractivity contribution < 1.29 is 4.74 Å². The van der Waals surface area contributed by atoms with Gasteiger partial charge in [-0.2, -0.15) is 0 Å². The van der Waals surface area contributed by atoms with Crippen LogP contribution < -0.4 is 10.1 Å². The minimum Gasteiger partial charge on any atom is -0.489 e. The maximum absolute atomic E-state index is 5.70. The molecule has 19 heavy (non-hydrogen) atoms. The van der Waals surface area contributed by atoms with Gasteiger partial charge in [-0.3, -0.25) is 4.98 Å². The van der Waals surface area contributed by atoms with Gasteiger partial charge in [-0.05, 0) is 36.2 Å². The zero-order chi connectivity index (χ0) is 13.5. The highest BCUT2D eigenvalue weighted by molar-refractivity contribution is 5.46. The Hall–Kier alpha value is -2.03. The summed E-state index contributed by atoms with van der Waals surface area (Å²) in [7, 11) is 0. The lowest BCUT2D eigenvalue weighted by atomic mass is 10.2. The molecule has 0 unspecified atom stereocenters. The summed E-state index contributed by atoms with van der Waals surface area (Å²) in [5.41, 5.74) is 2.20. The average Bonchev–Trinajstić information content (AvgIpc) is 2.45. The highest BCUT2D eigenvalue weighted by Crippen LogP contribution is 2.17. The Morgan fingerprint density at radius 2 is 1.95 bits per heavy atom. The highest BCUT2D eigenvalue weighted by Gasteiger charge is 1.98. The van der Waals surface area contributed by atoms with Gasteiger partial charge in [-0.15, -0.1) is 0 Å². The van der Waals surface area contributed by atoms with E-state index in [0.29, 0.717) is 12.5 Å². The molecule has 2 aromatic rings. The number of aromatic nitrogens is 1. The first-order valence-electron chi connectivity index (χ1n) is 6.59. The van der Waals surface area contributed by atoms with Gasteiger partial charge < -0.3 is 10.1 Å². The van der Waals surface area contributed by atoms with Crippen LogP contribution in [-0.4, -0.2) is 11.5 Å². The van der Waals surface area contributed by atoms with Gasteiger partial charge in [-0.25, -0.2) is 0 Å². The standard InChI is InChI=1S/C16H20N2O/c1-13(2)10-18-15-5-7-16(8-6-15)19-12-14-4-3-9-17-11-14/h3-9,11,13,18H,10,12H2,1-2H3. The van der Waals surface area contributed by atoms with Crippen molar-refractivity contribution in [2.24, 2.45) is 5.92 Å². The van der Waals surface area contributed by atoms with Crippen molar-refractivity contribution >= 4 is 5.69 Å². The molecule has 1 aromatic heterocycles. The molecule has 0 aliphatic heterocycles. The normalized spacial score (nSPS) is 10.5. The zero-order valence-corrected chi connectivity index (χ0v) is 11.5. The molecular weight excluding hydrogens is 236 g/mol. The van der Waals surface area contributed by atoms with Crippen LogP contribution in [0.2, 0.25) is 0 Å². The van der Waals surface area contributed by atoms with Crippen LogP contribution in [0, 0.1) is 5.92 Å².